The largest absolute Gasteiger partial charge is 0.480 e. The molecule has 1 saturated heterocycles. The van der Waals surface area contributed by atoms with E-state index < -0.39 is 5.97 Å². The molecule has 6 nitrogen and oxygen atoms in total. The molecule has 6 heteroatoms. The molecule has 92 valence electrons. The second-order valence-corrected chi connectivity index (χ2v) is 3.98. The van der Waals surface area contributed by atoms with Crippen LogP contribution < -0.4 is 0 Å². The third kappa shape index (κ3) is 3.37. The number of aliphatic carboxylic acids is 1. The number of carbonyl (C=O) groups excluding carboxylic acids is 1. The smallest absolute Gasteiger partial charge is 0.323 e. The zero-order valence-electron chi connectivity index (χ0n) is 9.68. The van der Waals surface area contributed by atoms with Crippen LogP contribution in [-0.2, 0) is 9.53 Å². The molecular formula is C10H18N2O4. The van der Waals surface area contributed by atoms with Gasteiger partial charge in [0.2, 0.25) is 0 Å². The standard InChI is InChI=1S/C10H18N2O4/c1-11(7-9(13)14)10(15)12-5-3-4-8(6-12)16-2/h8H,3-7H2,1-2H3,(H,13,14). The molecule has 1 N–H and O–H groups in total. The number of amides is 2. The average molecular weight is 230 g/mol. The molecule has 0 saturated carbocycles. The predicted octanol–water partition coefficient (Wildman–Crippen LogP) is 0.234. The summed E-state index contributed by atoms with van der Waals surface area (Å²) in [5, 5.41) is 8.59. The Morgan fingerprint density at radius 3 is 2.81 bits per heavy atom. The van der Waals surface area contributed by atoms with Gasteiger partial charge in [-0.05, 0) is 12.8 Å². The Kier molecular flexibility index (Phi) is 4.54. The average Bonchev–Trinajstić information content (AvgIpc) is 2.27. The van der Waals surface area contributed by atoms with Crippen LogP contribution in [0.4, 0.5) is 4.79 Å². The lowest BCUT2D eigenvalue weighted by Gasteiger charge is -2.34. The lowest BCUT2D eigenvalue weighted by Crippen LogP contribution is -2.49. The number of urea groups is 1. The van der Waals surface area contributed by atoms with Gasteiger partial charge in [-0.25, -0.2) is 4.79 Å². The van der Waals surface area contributed by atoms with Crippen LogP contribution in [0, 0.1) is 0 Å². The zero-order valence-corrected chi connectivity index (χ0v) is 9.68. The molecule has 2 amide bonds. The van der Waals surface area contributed by atoms with Crippen molar-refractivity contribution >= 4 is 12.0 Å². The molecule has 1 rings (SSSR count). The van der Waals surface area contributed by atoms with Crippen molar-refractivity contribution in [3.63, 3.8) is 0 Å². The molecule has 0 aromatic rings. The van der Waals surface area contributed by atoms with Gasteiger partial charge in [0.25, 0.3) is 0 Å². The number of hydrogen-bond donors (Lipinski definition) is 1. The van der Waals surface area contributed by atoms with Gasteiger partial charge in [-0.15, -0.1) is 0 Å². The van der Waals surface area contributed by atoms with E-state index in [9.17, 15) is 9.59 Å². The molecule has 1 fully saturated rings. The molecule has 0 aromatic heterocycles. The van der Waals surface area contributed by atoms with Gasteiger partial charge in [-0.2, -0.15) is 0 Å². The maximum atomic E-state index is 11.8. The number of likely N-dealkylation sites (N-methyl/N-ethyl adjacent to an activating group) is 1. The Balaban J connectivity index is 2.49. The fourth-order valence-electron chi connectivity index (χ4n) is 1.82. The normalized spacial score (nSPS) is 20.6. The van der Waals surface area contributed by atoms with E-state index in [4.69, 9.17) is 9.84 Å². The van der Waals surface area contributed by atoms with Gasteiger partial charge >= 0.3 is 12.0 Å². The first-order valence-corrected chi connectivity index (χ1v) is 5.29. The minimum absolute atomic E-state index is 0.0657. The first-order valence-electron chi connectivity index (χ1n) is 5.29. The number of carboxylic acid groups (broad SMARTS) is 1. The van der Waals surface area contributed by atoms with Crippen molar-refractivity contribution in [3.8, 4) is 0 Å². The van der Waals surface area contributed by atoms with Crippen LogP contribution in [0.5, 0.6) is 0 Å². The third-order valence-corrected chi connectivity index (χ3v) is 2.68. The maximum Gasteiger partial charge on any atom is 0.323 e. The van der Waals surface area contributed by atoms with Gasteiger partial charge in [0.15, 0.2) is 0 Å². The summed E-state index contributed by atoms with van der Waals surface area (Å²) >= 11 is 0. The van der Waals surface area contributed by atoms with Gasteiger partial charge in [0.1, 0.15) is 6.54 Å². The van der Waals surface area contributed by atoms with Crippen LogP contribution in [0.2, 0.25) is 0 Å². The molecule has 1 atom stereocenters. The Morgan fingerprint density at radius 1 is 1.56 bits per heavy atom. The fourth-order valence-corrected chi connectivity index (χ4v) is 1.82. The molecule has 0 radical (unpaired) electrons. The molecule has 1 unspecified atom stereocenters. The predicted molar refractivity (Wildman–Crippen MR) is 57.3 cm³/mol. The summed E-state index contributed by atoms with van der Waals surface area (Å²) in [5.41, 5.74) is 0. The highest BCUT2D eigenvalue weighted by Crippen LogP contribution is 2.13. The summed E-state index contributed by atoms with van der Waals surface area (Å²) in [6.45, 7) is 0.939. The SMILES string of the molecule is COC1CCCN(C(=O)N(C)CC(=O)O)C1. The van der Waals surface area contributed by atoms with Gasteiger partial charge in [-0.1, -0.05) is 0 Å². The van der Waals surface area contributed by atoms with E-state index in [-0.39, 0.29) is 18.7 Å². The van der Waals surface area contributed by atoms with E-state index in [0.717, 1.165) is 12.8 Å². The Morgan fingerprint density at radius 2 is 2.25 bits per heavy atom. The monoisotopic (exact) mass is 230 g/mol. The summed E-state index contributed by atoms with van der Waals surface area (Å²) in [5.74, 6) is -1.00. The second kappa shape index (κ2) is 5.69. The van der Waals surface area contributed by atoms with Gasteiger partial charge in [0.05, 0.1) is 6.10 Å². The maximum absolute atomic E-state index is 11.8. The number of carbonyl (C=O) groups is 2. The van der Waals surface area contributed by atoms with Crippen LogP contribution in [-0.4, -0.2) is 66.8 Å². The number of hydrogen-bond acceptors (Lipinski definition) is 3. The number of nitrogens with zero attached hydrogens (tertiary/aromatic N) is 2. The van der Waals surface area contributed by atoms with Crippen LogP contribution in [0.3, 0.4) is 0 Å². The summed E-state index contributed by atoms with van der Waals surface area (Å²) in [4.78, 5) is 25.2. The molecule has 1 heterocycles. The molecule has 1 aliphatic heterocycles. The number of likely N-dealkylation sites (tertiary alicyclic amines) is 1. The topological polar surface area (TPSA) is 70.1 Å². The summed E-state index contributed by atoms with van der Waals surface area (Å²) < 4.78 is 5.20. The molecule has 0 spiro atoms. The van der Waals surface area contributed by atoms with Crippen LogP contribution >= 0.6 is 0 Å². The molecule has 16 heavy (non-hydrogen) atoms. The van der Waals surface area contributed by atoms with Gasteiger partial charge in [0, 0.05) is 27.2 Å². The molecule has 0 aliphatic carbocycles. The van der Waals surface area contributed by atoms with Crippen molar-refractivity contribution in [2.24, 2.45) is 0 Å². The van der Waals surface area contributed by atoms with Crippen LogP contribution in [0.25, 0.3) is 0 Å². The number of piperidine rings is 1. The fraction of sp³-hybridized carbons (Fsp3) is 0.800. The Labute approximate surface area is 94.8 Å². The van der Waals surface area contributed by atoms with E-state index in [1.54, 1.807) is 12.0 Å². The van der Waals surface area contributed by atoms with Crippen LogP contribution in [0.1, 0.15) is 12.8 Å². The number of methoxy groups -OCH3 is 1. The first kappa shape index (κ1) is 12.8. The highest BCUT2D eigenvalue weighted by Gasteiger charge is 2.26. The lowest BCUT2D eigenvalue weighted by molar-refractivity contribution is -0.137. The summed E-state index contributed by atoms with van der Waals surface area (Å²) in [6.07, 6.45) is 1.91. The second-order valence-electron chi connectivity index (χ2n) is 3.98. The first-order chi connectivity index (χ1) is 7.54. The lowest BCUT2D eigenvalue weighted by atomic mass is 10.1. The van der Waals surface area contributed by atoms with Gasteiger partial charge in [-0.3, -0.25) is 4.79 Å². The number of ether oxygens (including phenoxy) is 1. The Hall–Kier alpha value is -1.30. The van der Waals surface area contributed by atoms with E-state index in [2.05, 4.69) is 0 Å². The number of carboxylic acids is 1. The van der Waals surface area contributed by atoms with Crippen molar-refractivity contribution in [1.29, 1.82) is 0 Å². The highest BCUT2D eigenvalue weighted by atomic mass is 16.5. The zero-order chi connectivity index (χ0) is 12.1. The highest BCUT2D eigenvalue weighted by molar-refractivity contribution is 5.80. The quantitative estimate of drug-likeness (QED) is 0.753. The minimum Gasteiger partial charge on any atom is -0.480 e. The molecular weight excluding hydrogens is 212 g/mol. The van der Waals surface area contributed by atoms with Crippen molar-refractivity contribution in [1.82, 2.24) is 9.80 Å². The molecule has 0 aromatic carbocycles. The molecule has 1 aliphatic rings. The van der Waals surface area contributed by atoms with Crippen molar-refractivity contribution in [2.45, 2.75) is 18.9 Å². The summed E-state index contributed by atoms with van der Waals surface area (Å²) in [6, 6.07) is -0.246. The van der Waals surface area contributed by atoms with Crippen molar-refractivity contribution in [3.05, 3.63) is 0 Å². The Bertz CT molecular complexity index is 270. The van der Waals surface area contributed by atoms with E-state index >= 15 is 0 Å². The van der Waals surface area contributed by atoms with Gasteiger partial charge < -0.3 is 19.6 Å². The van der Waals surface area contributed by atoms with Crippen LogP contribution in [0.15, 0.2) is 0 Å². The number of rotatable bonds is 3. The minimum atomic E-state index is -1.00. The van der Waals surface area contributed by atoms with E-state index in [1.165, 1.54) is 11.9 Å². The van der Waals surface area contributed by atoms with Crippen molar-refractivity contribution < 1.29 is 19.4 Å². The molecule has 0 bridgehead atoms. The summed E-state index contributed by atoms with van der Waals surface area (Å²) in [7, 11) is 3.12. The van der Waals surface area contributed by atoms with E-state index in [0.29, 0.717) is 13.1 Å². The third-order valence-electron chi connectivity index (χ3n) is 2.68. The van der Waals surface area contributed by atoms with Crippen molar-refractivity contribution in [2.75, 3.05) is 33.8 Å². The van der Waals surface area contributed by atoms with E-state index in [1.807, 2.05) is 0 Å².